The van der Waals surface area contributed by atoms with E-state index in [1.54, 1.807) is 0 Å². The van der Waals surface area contributed by atoms with Crippen LogP contribution in [0.4, 0.5) is 0 Å². The van der Waals surface area contributed by atoms with Gasteiger partial charge in [0.05, 0.1) is 5.75 Å². The van der Waals surface area contributed by atoms with E-state index in [2.05, 4.69) is 19.2 Å². The summed E-state index contributed by atoms with van der Waals surface area (Å²) in [5.74, 6) is 1.72. The van der Waals surface area contributed by atoms with Crippen LogP contribution in [0, 0.1) is 11.8 Å². The molecular weight excluding hydrogens is 222 g/mol. The van der Waals surface area contributed by atoms with Gasteiger partial charge in [0, 0.05) is 18.3 Å². The highest BCUT2D eigenvalue weighted by Gasteiger charge is 2.26. The molecule has 0 aromatic rings. The minimum absolute atomic E-state index is 0.0656. The minimum atomic E-state index is -2.86. The summed E-state index contributed by atoms with van der Waals surface area (Å²) in [6, 6.07) is 0.559. The zero-order chi connectivity index (χ0) is 12.3. The van der Waals surface area contributed by atoms with Gasteiger partial charge in [-0.2, -0.15) is 0 Å². The fraction of sp³-hybridized carbons (Fsp3) is 1.00. The summed E-state index contributed by atoms with van der Waals surface area (Å²) >= 11 is 0. The second kappa shape index (κ2) is 5.50. The zero-order valence-corrected chi connectivity index (χ0v) is 11.7. The van der Waals surface area contributed by atoms with E-state index in [0.717, 1.165) is 5.92 Å². The Balaban J connectivity index is 2.42. The van der Waals surface area contributed by atoms with Crippen LogP contribution in [0.2, 0.25) is 0 Å². The smallest absolute Gasteiger partial charge is 0.148 e. The lowest BCUT2D eigenvalue weighted by molar-refractivity contribution is 0.219. The van der Waals surface area contributed by atoms with E-state index >= 15 is 0 Å². The molecular formula is C12H25NO2S. The van der Waals surface area contributed by atoms with E-state index in [4.69, 9.17) is 0 Å². The first kappa shape index (κ1) is 14.0. The third-order valence-corrected chi connectivity index (χ3v) is 4.59. The fourth-order valence-electron chi connectivity index (χ4n) is 2.78. The molecule has 0 aromatic carbocycles. The number of nitrogens with one attached hydrogen (secondary N) is 1. The average molecular weight is 247 g/mol. The van der Waals surface area contributed by atoms with Gasteiger partial charge in [-0.15, -0.1) is 0 Å². The molecule has 96 valence electrons. The molecule has 0 radical (unpaired) electrons. The summed E-state index contributed by atoms with van der Waals surface area (Å²) in [6.45, 7) is 6.53. The molecule has 0 bridgehead atoms. The summed E-state index contributed by atoms with van der Waals surface area (Å²) < 4.78 is 22.4. The standard InChI is InChI=1S/C12H25NO2S/c1-9-5-6-12(10(2)7-9)13-11(3)8-16(4,14)15/h9-13H,5-8H2,1-4H3. The van der Waals surface area contributed by atoms with Gasteiger partial charge in [0.1, 0.15) is 9.84 Å². The Labute approximate surface area is 99.9 Å². The molecule has 1 aliphatic carbocycles. The van der Waals surface area contributed by atoms with Crippen LogP contribution in [0.25, 0.3) is 0 Å². The van der Waals surface area contributed by atoms with Crippen LogP contribution in [0.3, 0.4) is 0 Å². The van der Waals surface area contributed by atoms with Gasteiger partial charge < -0.3 is 5.32 Å². The van der Waals surface area contributed by atoms with Crippen LogP contribution < -0.4 is 5.32 Å². The Bertz CT molecular complexity index is 313. The number of rotatable bonds is 4. The molecule has 4 heteroatoms. The molecule has 0 heterocycles. The lowest BCUT2D eigenvalue weighted by Crippen LogP contribution is -2.45. The Morgan fingerprint density at radius 1 is 1.31 bits per heavy atom. The normalized spacial score (nSPS) is 33.6. The Morgan fingerprint density at radius 2 is 1.94 bits per heavy atom. The van der Waals surface area contributed by atoms with Gasteiger partial charge in [0.2, 0.25) is 0 Å². The third kappa shape index (κ3) is 4.83. The van der Waals surface area contributed by atoms with Crippen molar-refractivity contribution in [2.24, 2.45) is 11.8 Å². The first-order chi connectivity index (χ1) is 7.28. The van der Waals surface area contributed by atoms with E-state index in [1.807, 2.05) is 6.92 Å². The van der Waals surface area contributed by atoms with Crippen molar-refractivity contribution in [1.29, 1.82) is 0 Å². The van der Waals surface area contributed by atoms with Crippen LogP contribution in [-0.4, -0.2) is 32.5 Å². The van der Waals surface area contributed by atoms with Gasteiger partial charge in [0.25, 0.3) is 0 Å². The monoisotopic (exact) mass is 247 g/mol. The molecule has 1 saturated carbocycles. The SMILES string of the molecule is CC1CCC(NC(C)CS(C)(=O)=O)C(C)C1. The quantitative estimate of drug-likeness (QED) is 0.824. The predicted octanol–water partition coefficient (Wildman–Crippen LogP) is 1.83. The first-order valence-corrected chi connectivity index (χ1v) is 8.27. The highest BCUT2D eigenvalue weighted by Crippen LogP contribution is 2.28. The molecule has 4 atom stereocenters. The molecule has 0 aliphatic heterocycles. The molecule has 1 N–H and O–H groups in total. The molecule has 1 fully saturated rings. The van der Waals surface area contributed by atoms with E-state index in [1.165, 1.54) is 25.5 Å². The highest BCUT2D eigenvalue weighted by atomic mass is 32.2. The largest absolute Gasteiger partial charge is 0.310 e. The molecule has 1 rings (SSSR count). The Morgan fingerprint density at radius 3 is 2.44 bits per heavy atom. The van der Waals surface area contributed by atoms with Gasteiger partial charge in [-0.05, 0) is 38.0 Å². The van der Waals surface area contributed by atoms with Crippen molar-refractivity contribution < 1.29 is 8.42 Å². The van der Waals surface area contributed by atoms with Crippen LogP contribution >= 0.6 is 0 Å². The second-order valence-corrected chi connectivity index (χ2v) is 7.85. The molecule has 16 heavy (non-hydrogen) atoms. The van der Waals surface area contributed by atoms with Crippen molar-refractivity contribution in [1.82, 2.24) is 5.32 Å². The number of sulfone groups is 1. The van der Waals surface area contributed by atoms with Crippen molar-refractivity contribution in [3.8, 4) is 0 Å². The number of hydrogen-bond donors (Lipinski definition) is 1. The second-order valence-electron chi connectivity index (χ2n) is 5.66. The summed E-state index contributed by atoms with van der Waals surface area (Å²) in [6.07, 6.45) is 4.99. The van der Waals surface area contributed by atoms with Crippen molar-refractivity contribution in [2.45, 2.75) is 52.1 Å². The van der Waals surface area contributed by atoms with Gasteiger partial charge >= 0.3 is 0 Å². The Kier molecular flexibility index (Phi) is 4.80. The summed E-state index contributed by atoms with van der Waals surface area (Å²) in [4.78, 5) is 0. The maximum atomic E-state index is 11.2. The molecule has 4 unspecified atom stereocenters. The zero-order valence-electron chi connectivity index (χ0n) is 10.9. The van der Waals surface area contributed by atoms with E-state index < -0.39 is 9.84 Å². The lowest BCUT2D eigenvalue weighted by atomic mass is 9.79. The van der Waals surface area contributed by atoms with Crippen molar-refractivity contribution in [3.63, 3.8) is 0 Å². The van der Waals surface area contributed by atoms with E-state index in [9.17, 15) is 8.42 Å². The summed E-state index contributed by atoms with van der Waals surface area (Å²) in [5, 5.41) is 3.47. The molecule has 3 nitrogen and oxygen atoms in total. The van der Waals surface area contributed by atoms with Gasteiger partial charge in [-0.25, -0.2) is 8.42 Å². The predicted molar refractivity (Wildman–Crippen MR) is 68.3 cm³/mol. The van der Waals surface area contributed by atoms with Crippen LogP contribution in [0.5, 0.6) is 0 Å². The maximum Gasteiger partial charge on any atom is 0.148 e. The molecule has 0 saturated heterocycles. The minimum Gasteiger partial charge on any atom is -0.310 e. The lowest BCUT2D eigenvalue weighted by Gasteiger charge is -2.35. The van der Waals surface area contributed by atoms with Crippen LogP contribution in [0.15, 0.2) is 0 Å². The van der Waals surface area contributed by atoms with Gasteiger partial charge in [-0.1, -0.05) is 13.8 Å². The first-order valence-electron chi connectivity index (χ1n) is 6.21. The van der Waals surface area contributed by atoms with Gasteiger partial charge in [-0.3, -0.25) is 0 Å². The molecule has 1 aliphatic rings. The van der Waals surface area contributed by atoms with E-state index in [0.29, 0.717) is 12.0 Å². The molecule has 0 amide bonds. The third-order valence-electron chi connectivity index (χ3n) is 3.48. The maximum absolute atomic E-state index is 11.2. The average Bonchev–Trinajstić information content (AvgIpc) is 2.06. The summed E-state index contributed by atoms with van der Waals surface area (Å²) in [7, 11) is -2.86. The highest BCUT2D eigenvalue weighted by molar-refractivity contribution is 7.90. The summed E-state index contributed by atoms with van der Waals surface area (Å²) in [5.41, 5.74) is 0. The van der Waals surface area contributed by atoms with Crippen molar-refractivity contribution in [2.75, 3.05) is 12.0 Å². The fourth-order valence-corrected chi connectivity index (χ4v) is 3.79. The number of hydrogen-bond acceptors (Lipinski definition) is 3. The van der Waals surface area contributed by atoms with Gasteiger partial charge in [0.15, 0.2) is 0 Å². The van der Waals surface area contributed by atoms with E-state index in [-0.39, 0.29) is 11.8 Å². The Hall–Kier alpha value is -0.0900. The molecule has 0 spiro atoms. The van der Waals surface area contributed by atoms with Crippen molar-refractivity contribution in [3.05, 3.63) is 0 Å². The van der Waals surface area contributed by atoms with Crippen molar-refractivity contribution >= 4 is 9.84 Å². The van der Waals surface area contributed by atoms with Crippen LogP contribution in [-0.2, 0) is 9.84 Å². The topological polar surface area (TPSA) is 46.2 Å². The molecule has 0 aromatic heterocycles. The van der Waals surface area contributed by atoms with Crippen LogP contribution in [0.1, 0.15) is 40.0 Å².